The van der Waals surface area contributed by atoms with Crippen LogP contribution in [0.15, 0.2) is 0 Å². The van der Waals surface area contributed by atoms with Crippen molar-refractivity contribution in [2.24, 2.45) is 5.92 Å². The Labute approximate surface area is 45.5 Å². The van der Waals surface area contributed by atoms with Crippen LogP contribution in [-0.4, -0.2) is 11.4 Å². The molecular weight excluding hydrogens is 118 g/mol. The van der Waals surface area contributed by atoms with Gasteiger partial charge < -0.3 is 0 Å². The molecule has 0 amide bonds. The van der Waals surface area contributed by atoms with Crippen LogP contribution in [0.3, 0.4) is 0 Å². The van der Waals surface area contributed by atoms with Gasteiger partial charge in [0.1, 0.15) is 6.17 Å². The molecule has 0 saturated heterocycles. The van der Waals surface area contributed by atoms with Crippen LogP contribution < -0.4 is 0 Å². The summed E-state index contributed by atoms with van der Waals surface area (Å²) in [4.78, 5) is 9.94. The first-order valence-electron chi connectivity index (χ1n) is 2.05. The molecule has 1 nitrogen and oxygen atoms in total. The minimum atomic E-state index is -0.940. The molecular formula is C4H4ClFO. The van der Waals surface area contributed by atoms with Crippen molar-refractivity contribution in [2.45, 2.75) is 12.6 Å². The summed E-state index contributed by atoms with van der Waals surface area (Å²) >= 11 is 4.89. The molecule has 3 heteroatoms. The van der Waals surface area contributed by atoms with Gasteiger partial charge in [0, 0.05) is 0 Å². The molecule has 0 N–H and O–H groups in total. The van der Waals surface area contributed by atoms with Crippen molar-refractivity contribution in [2.75, 3.05) is 0 Å². The molecule has 2 atom stereocenters. The summed E-state index contributed by atoms with van der Waals surface area (Å²) in [6.07, 6.45) is -0.604. The lowest BCUT2D eigenvalue weighted by Gasteiger charge is -1.75. The average Bonchev–Trinajstić information content (AvgIpc) is 2.17. The van der Waals surface area contributed by atoms with Crippen molar-refractivity contribution >= 4 is 16.8 Å². The second-order valence-electron chi connectivity index (χ2n) is 1.66. The zero-order valence-electron chi connectivity index (χ0n) is 3.53. The Morgan fingerprint density at radius 3 is 2.29 bits per heavy atom. The lowest BCUT2D eigenvalue weighted by atomic mass is 10.5. The van der Waals surface area contributed by atoms with Crippen LogP contribution in [0.4, 0.5) is 4.39 Å². The highest BCUT2D eigenvalue weighted by atomic mass is 35.5. The first-order valence-corrected chi connectivity index (χ1v) is 2.43. The summed E-state index contributed by atoms with van der Waals surface area (Å²) in [5.41, 5.74) is 0. The van der Waals surface area contributed by atoms with E-state index in [4.69, 9.17) is 11.6 Å². The molecule has 1 rings (SSSR count). The maximum Gasteiger partial charge on any atom is 0.227 e. The molecule has 0 radical (unpaired) electrons. The molecule has 7 heavy (non-hydrogen) atoms. The minimum absolute atomic E-state index is 0.336. The van der Waals surface area contributed by atoms with E-state index in [2.05, 4.69) is 0 Å². The van der Waals surface area contributed by atoms with E-state index in [-0.39, 0.29) is 0 Å². The second-order valence-corrected chi connectivity index (χ2v) is 2.03. The molecule has 0 aromatic rings. The Balaban J connectivity index is 2.33. The fourth-order valence-corrected chi connectivity index (χ4v) is 0.625. The normalized spacial score (nSPS) is 38.0. The summed E-state index contributed by atoms with van der Waals surface area (Å²) in [6, 6.07) is 0. The van der Waals surface area contributed by atoms with Gasteiger partial charge in [0.25, 0.3) is 0 Å². The number of alkyl halides is 1. The van der Waals surface area contributed by atoms with Crippen LogP contribution in [0.2, 0.25) is 0 Å². The van der Waals surface area contributed by atoms with Gasteiger partial charge in [0.15, 0.2) is 0 Å². The number of rotatable bonds is 1. The Morgan fingerprint density at radius 1 is 1.86 bits per heavy atom. The topological polar surface area (TPSA) is 17.1 Å². The van der Waals surface area contributed by atoms with Gasteiger partial charge in [0.2, 0.25) is 5.24 Å². The molecule has 0 bridgehead atoms. The molecule has 40 valence electrons. The fourth-order valence-electron chi connectivity index (χ4n) is 0.399. The quantitative estimate of drug-likeness (QED) is 0.476. The monoisotopic (exact) mass is 122 g/mol. The summed E-state index contributed by atoms with van der Waals surface area (Å²) in [5, 5.41) is -0.535. The molecule has 1 aliphatic carbocycles. The van der Waals surface area contributed by atoms with Gasteiger partial charge in [-0.25, -0.2) is 4.39 Å². The third kappa shape index (κ3) is 0.911. The maximum absolute atomic E-state index is 11.7. The van der Waals surface area contributed by atoms with E-state index in [1.807, 2.05) is 0 Å². The highest BCUT2D eigenvalue weighted by Gasteiger charge is 2.42. The van der Waals surface area contributed by atoms with Gasteiger partial charge in [-0.15, -0.1) is 0 Å². The lowest BCUT2D eigenvalue weighted by Crippen LogP contribution is -1.89. The van der Waals surface area contributed by atoms with Crippen molar-refractivity contribution in [3.05, 3.63) is 0 Å². The Hall–Kier alpha value is -0.110. The molecule has 0 heterocycles. The minimum Gasteiger partial charge on any atom is -0.281 e. The largest absolute Gasteiger partial charge is 0.281 e. The molecule has 0 aliphatic heterocycles. The van der Waals surface area contributed by atoms with Gasteiger partial charge in [-0.3, -0.25) is 4.79 Å². The van der Waals surface area contributed by atoms with Crippen LogP contribution in [0.5, 0.6) is 0 Å². The Morgan fingerprint density at radius 2 is 2.29 bits per heavy atom. The molecule has 1 aliphatic rings. The van der Waals surface area contributed by atoms with E-state index in [0.717, 1.165) is 0 Å². The molecule has 0 aromatic heterocycles. The number of hydrogen-bond acceptors (Lipinski definition) is 1. The average molecular weight is 123 g/mol. The third-order valence-electron chi connectivity index (χ3n) is 1.00. The van der Waals surface area contributed by atoms with E-state index in [9.17, 15) is 9.18 Å². The highest BCUT2D eigenvalue weighted by molar-refractivity contribution is 6.64. The van der Waals surface area contributed by atoms with Crippen LogP contribution in [0, 0.1) is 5.92 Å². The number of halogens is 2. The van der Waals surface area contributed by atoms with Gasteiger partial charge in [-0.2, -0.15) is 0 Å². The molecule has 1 saturated carbocycles. The maximum atomic E-state index is 11.7. The van der Waals surface area contributed by atoms with Gasteiger partial charge in [-0.05, 0) is 18.0 Å². The van der Waals surface area contributed by atoms with E-state index in [1.165, 1.54) is 0 Å². The number of hydrogen-bond donors (Lipinski definition) is 0. The van der Waals surface area contributed by atoms with Crippen LogP contribution in [0.1, 0.15) is 6.42 Å². The van der Waals surface area contributed by atoms with Crippen LogP contribution in [0.25, 0.3) is 0 Å². The number of carbonyl (C=O) groups is 1. The van der Waals surface area contributed by atoms with Gasteiger partial charge in [0.05, 0.1) is 5.92 Å². The van der Waals surface area contributed by atoms with E-state index in [1.54, 1.807) is 0 Å². The molecule has 1 fully saturated rings. The smallest absolute Gasteiger partial charge is 0.227 e. The van der Waals surface area contributed by atoms with Crippen molar-refractivity contribution < 1.29 is 9.18 Å². The molecule has 0 spiro atoms. The van der Waals surface area contributed by atoms with Gasteiger partial charge >= 0.3 is 0 Å². The highest BCUT2D eigenvalue weighted by Crippen LogP contribution is 2.35. The van der Waals surface area contributed by atoms with E-state index in [0.29, 0.717) is 6.42 Å². The van der Waals surface area contributed by atoms with E-state index < -0.39 is 17.3 Å². The first-order chi connectivity index (χ1) is 3.22. The third-order valence-corrected chi connectivity index (χ3v) is 1.28. The van der Waals surface area contributed by atoms with Crippen molar-refractivity contribution in [3.8, 4) is 0 Å². The summed E-state index contributed by atoms with van der Waals surface area (Å²) in [5.74, 6) is -0.471. The predicted molar refractivity (Wildman–Crippen MR) is 23.9 cm³/mol. The van der Waals surface area contributed by atoms with Crippen LogP contribution >= 0.6 is 11.6 Å². The van der Waals surface area contributed by atoms with Crippen molar-refractivity contribution in [1.29, 1.82) is 0 Å². The summed E-state index contributed by atoms with van der Waals surface area (Å²) in [6.45, 7) is 0. The zero-order valence-corrected chi connectivity index (χ0v) is 4.28. The molecule has 0 aromatic carbocycles. The first kappa shape index (κ1) is 5.04. The van der Waals surface area contributed by atoms with Gasteiger partial charge in [-0.1, -0.05) is 0 Å². The fraction of sp³-hybridized carbons (Fsp3) is 0.750. The molecule has 1 unspecified atom stereocenters. The summed E-state index contributed by atoms with van der Waals surface area (Å²) < 4.78 is 11.7. The number of carbonyl (C=O) groups excluding carboxylic acids is 1. The second kappa shape index (κ2) is 1.44. The van der Waals surface area contributed by atoms with Crippen LogP contribution in [-0.2, 0) is 4.79 Å². The Bertz CT molecular complexity index is 104. The Kier molecular flexibility index (Phi) is 1.04. The van der Waals surface area contributed by atoms with Crippen molar-refractivity contribution in [1.82, 2.24) is 0 Å². The SMILES string of the molecule is O=C(Cl)[C@H]1CC1F. The predicted octanol–water partition coefficient (Wildman–Crippen LogP) is 1.11. The summed E-state index contributed by atoms with van der Waals surface area (Å²) in [7, 11) is 0. The van der Waals surface area contributed by atoms with E-state index >= 15 is 0 Å². The standard InChI is InChI=1S/C4H4ClFO/c5-4(7)2-1-3(2)6/h2-3H,1H2/t2-,3?/m0/s1. The lowest BCUT2D eigenvalue weighted by molar-refractivity contribution is -0.113. The zero-order chi connectivity index (χ0) is 5.44. The van der Waals surface area contributed by atoms with Crippen molar-refractivity contribution in [3.63, 3.8) is 0 Å².